The normalized spacial score (nSPS) is 19.2. The number of rotatable bonds is 4. The lowest BCUT2D eigenvalue weighted by atomic mass is 10.1. The Bertz CT molecular complexity index is 965. The van der Waals surface area contributed by atoms with Gasteiger partial charge in [0.2, 0.25) is 5.91 Å². The van der Waals surface area contributed by atoms with Crippen molar-refractivity contribution in [2.24, 2.45) is 13.0 Å². The minimum Gasteiger partial charge on any atom is -0.342 e. The van der Waals surface area contributed by atoms with Crippen LogP contribution in [0.2, 0.25) is 0 Å². The van der Waals surface area contributed by atoms with E-state index in [0.29, 0.717) is 12.2 Å². The van der Waals surface area contributed by atoms with Gasteiger partial charge in [0.15, 0.2) is 0 Å². The number of carbonyl (C=O) groups excluding carboxylic acids is 1. The largest absolute Gasteiger partial charge is 0.342 e. The molecular formula is C19H19FN4O. The number of alkyl halides is 1. The van der Waals surface area contributed by atoms with Crippen LogP contribution in [0.1, 0.15) is 19.0 Å². The monoisotopic (exact) mass is 338 g/mol. The van der Waals surface area contributed by atoms with E-state index in [-0.39, 0.29) is 5.91 Å². The van der Waals surface area contributed by atoms with Crippen LogP contribution in [0.3, 0.4) is 0 Å². The summed E-state index contributed by atoms with van der Waals surface area (Å²) in [6, 6.07) is 7.88. The predicted octanol–water partition coefficient (Wildman–Crippen LogP) is 3.49. The molecule has 0 saturated heterocycles. The summed E-state index contributed by atoms with van der Waals surface area (Å²) in [5, 5.41) is 3.68. The highest BCUT2D eigenvalue weighted by Gasteiger charge is 2.43. The van der Waals surface area contributed by atoms with Crippen LogP contribution in [0.4, 0.5) is 10.2 Å². The maximum absolute atomic E-state index is 13.0. The third-order valence-electron chi connectivity index (χ3n) is 4.73. The molecule has 4 rings (SSSR count). The van der Waals surface area contributed by atoms with E-state index in [4.69, 9.17) is 0 Å². The van der Waals surface area contributed by atoms with Crippen LogP contribution >= 0.6 is 0 Å². The molecule has 3 aromatic heterocycles. The van der Waals surface area contributed by atoms with Crippen molar-refractivity contribution < 1.29 is 9.18 Å². The second kappa shape index (κ2) is 5.95. The van der Waals surface area contributed by atoms with Gasteiger partial charge in [-0.15, -0.1) is 0 Å². The predicted molar refractivity (Wildman–Crippen MR) is 95.0 cm³/mol. The third-order valence-corrected chi connectivity index (χ3v) is 4.73. The molecule has 1 N–H and O–H groups in total. The minimum atomic E-state index is -1.01. The fraction of sp³-hybridized carbons (Fsp3) is 0.316. The number of hydrogen-bond donors (Lipinski definition) is 1. The quantitative estimate of drug-likeness (QED) is 0.792. The highest BCUT2D eigenvalue weighted by Crippen LogP contribution is 2.35. The third kappa shape index (κ3) is 2.77. The van der Waals surface area contributed by atoms with Crippen molar-refractivity contribution in [1.29, 1.82) is 0 Å². The zero-order valence-corrected chi connectivity index (χ0v) is 14.2. The van der Waals surface area contributed by atoms with Gasteiger partial charge < -0.3 is 9.88 Å². The Balaban J connectivity index is 1.71. The number of carbonyl (C=O) groups is 1. The number of anilines is 1. The molecule has 6 heteroatoms. The molecule has 3 heterocycles. The number of pyridine rings is 2. The maximum atomic E-state index is 13.0. The molecule has 1 amide bonds. The number of nitrogens with one attached hydrogen (secondary N) is 1. The molecule has 1 fully saturated rings. The van der Waals surface area contributed by atoms with Gasteiger partial charge in [-0.1, -0.05) is 6.92 Å². The van der Waals surface area contributed by atoms with Crippen molar-refractivity contribution in [2.45, 2.75) is 25.9 Å². The highest BCUT2D eigenvalue weighted by atomic mass is 19.1. The van der Waals surface area contributed by atoms with Gasteiger partial charge in [0.1, 0.15) is 12.0 Å². The van der Waals surface area contributed by atoms with Crippen molar-refractivity contribution in [3.05, 3.63) is 42.4 Å². The molecule has 1 aliphatic carbocycles. The van der Waals surface area contributed by atoms with Gasteiger partial charge in [-0.2, -0.15) is 0 Å². The van der Waals surface area contributed by atoms with Crippen LogP contribution in [-0.2, 0) is 18.3 Å². The number of nitrogens with zero attached hydrogens (tertiary/aromatic N) is 3. The maximum Gasteiger partial charge on any atom is 0.231 e. The average Bonchev–Trinajstić information content (AvgIpc) is 3.27. The minimum absolute atomic E-state index is 0.295. The van der Waals surface area contributed by atoms with E-state index in [2.05, 4.69) is 38.9 Å². The van der Waals surface area contributed by atoms with Gasteiger partial charge in [-0.25, -0.2) is 9.37 Å². The first-order valence-corrected chi connectivity index (χ1v) is 8.43. The Labute approximate surface area is 144 Å². The van der Waals surface area contributed by atoms with Crippen molar-refractivity contribution in [3.63, 3.8) is 0 Å². The Morgan fingerprint density at radius 1 is 1.40 bits per heavy atom. The van der Waals surface area contributed by atoms with Gasteiger partial charge in [-0.05, 0) is 37.1 Å². The van der Waals surface area contributed by atoms with Crippen LogP contribution in [0.25, 0.3) is 22.2 Å². The fourth-order valence-corrected chi connectivity index (χ4v) is 3.17. The van der Waals surface area contributed by atoms with Crippen molar-refractivity contribution in [1.82, 2.24) is 14.5 Å². The summed E-state index contributed by atoms with van der Waals surface area (Å²) in [5.74, 6) is -0.363. The molecular weight excluding hydrogens is 319 g/mol. The first-order valence-electron chi connectivity index (χ1n) is 8.43. The van der Waals surface area contributed by atoms with Gasteiger partial charge in [-0.3, -0.25) is 9.78 Å². The number of halogens is 1. The van der Waals surface area contributed by atoms with Crippen LogP contribution in [0.15, 0.2) is 36.7 Å². The lowest BCUT2D eigenvalue weighted by Crippen LogP contribution is -2.15. The number of hydrogen-bond acceptors (Lipinski definition) is 3. The highest BCUT2D eigenvalue weighted by molar-refractivity contribution is 5.96. The topological polar surface area (TPSA) is 59.8 Å². The molecule has 3 aromatic rings. The Hall–Kier alpha value is -2.76. The zero-order valence-electron chi connectivity index (χ0n) is 14.2. The Kier molecular flexibility index (Phi) is 3.75. The SMILES string of the molecule is CCc1ncccc1-c1cc2cc(NC(=O)C3CC3F)ncc2n1C. The number of fused-ring (bicyclic) bond motifs is 1. The van der Waals surface area contributed by atoms with Crippen molar-refractivity contribution >= 4 is 22.6 Å². The first kappa shape index (κ1) is 15.7. The van der Waals surface area contributed by atoms with Gasteiger partial charge in [0.25, 0.3) is 0 Å². The number of aromatic nitrogens is 3. The molecule has 0 spiro atoms. The van der Waals surface area contributed by atoms with Crippen LogP contribution in [0, 0.1) is 5.92 Å². The number of aryl methyl sites for hydroxylation is 2. The molecule has 0 bridgehead atoms. The summed E-state index contributed by atoms with van der Waals surface area (Å²) in [6.07, 6.45) is 3.69. The van der Waals surface area contributed by atoms with Crippen molar-refractivity contribution in [2.75, 3.05) is 5.32 Å². The molecule has 2 atom stereocenters. The van der Waals surface area contributed by atoms with E-state index < -0.39 is 12.1 Å². The standard InChI is InChI=1S/C19H19FN4O/c1-3-15-12(5-4-6-21-15)16-7-11-8-18(22-10-17(11)24(16)2)23-19(25)13-9-14(13)20/h4-8,10,13-14H,3,9H2,1-2H3,(H,22,23,25). The molecule has 128 valence electrons. The first-order chi connectivity index (χ1) is 12.1. The van der Waals surface area contributed by atoms with Gasteiger partial charge in [0, 0.05) is 29.9 Å². The second-order valence-corrected chi connectivity index (χ2v) is 6.42. The average molecular weight is 338 g/mol. The Morgan fingerprint density at radius 2 is 2.20 bits per heavy atom. The van der Waals surface area contributed by atoms with Gasteiger partial charge in [0.05, 0.1) is 23.3 Å². The van der Waals surface area contributed by atoms with Crippen LogP contribution in [0.5, 0.6) is 0 Å². The lowest BCUT2D eigenvalue weighted by molar-refractivity contribution is -0.117. The van der Waals surface area contributed by atoms with E-state index in [1.165, 1.54) is 0 Å². The van der Waals surface area contributed by atoms with E-state index >= 15 is 0 Å². The summed E-state index contributed by atoms with van der Waals surface area (Å²) in [4.78, 5) is 20.6. The molecule has 0 aromatic carbocycles. The van der Waals surface area contributed by atoms with Crippen molar-refractivity contribution in [3.8, 4) is 11.3 Å². The number of amides is 1. The molecule has 1 aliphatic rings. The summed E-state index contributed by atoms with van der Waals surface area (Å²) >= 11 is 0. The summed E-state index contributed by atoms with van der Waals surface area (Å²) < 4.78 is 15.1. The van der Waals surface area contributed by atoms with E-state index in [9.17, 15) is 9.18 Å². The van der Waals surface area contributed by atoms with Crippen LogP contribution in [-0.4, -0.2) is 26.6 Å². The summed E-state index contributed by atoms with van der Waals surface area (Å²) in [6.45, 7) is 2.08. The molecule has 25 heavy (non-hydrogen) atoms. The summed E-state index contributed by atoms with van der Waals surface area (Å²) in [7, 11) is 1.99. The van der Waals surface area contributed by atoms with E-state index in [1.54, 1.807) is 12.4 Å². The molecule has 0 radical (unpaired) electrons. The smallest absolute Gasteiger partial charge is 0.231 e. The lowest BCUT2D eigenvalue weighted by Gasteiger charge is -2.08. The molecule has 1 saturated carbocycles. The molecule has 0 aliphatic heterocycles. The summed E-state index contributed by atoms with van der Waals surface area (Å²) in [5.41, 5.74) is 4.15. The van der Waals surface area contributed by atoms with E-state index in [1.807, 2.05) is 19.2 Å². The fourth-order valence-electron chi connectivity index (χ4n) is 3.17. The van der Waals surface area contributed by atoms with Gasteiger partial charge >= 0.3 is 0 Å². The van der Waals surface area contributed by atoms with Crippen LogP contribution < -0.4 is 5.32 Å². The zero-order chi connectivity index (χ0) is 17.6. The van der Waals surface area contributed by atoms with E-state index in [0.717, 1.165) is 34.3 Å². The molecule has 2 unspecified atom stereocenters. The molecule has 5 nitrogen and oxygen atoms in total. The Morgan fingerprint density at radius 3 is 2.92 bits per heavy atom. The second-order valence-electron chi connectivity index (χ2n) is 6.42.